The molecule has 0 aliphatic carbocycles. The Bertz CT molecular complexity index is 1320. The molecule has 4 rings (SSSR count). The van der Waals surface area contributed by atoms with Crippen LogP contribution >= 0.6 is 0 Å². The van der Waals surface area contributed by atoms with Gasteiger partial charge in [0.2, 0.25) is 0 Å². The molecule has 1 aliphatic heterocycles. The molecule has 2 N–H and O–H groups in total. The van der Waals surface area contributed by atoms with Gasteiger partial charge in [0, 0.05) is 42.6 Å². The molecule has 0 spiro atoms. The number of amides is 1. The highest BCUT2D eigenvalue weighted by atomic mass is 32.2. The summed E-state index contributed by atoms with van der Waals surface area (Å²) in [5.74, 6) is -0.201. The molecule has 0 aromatic heterocycles. The van der Waals surface area contributed by atoms with Crippen molar-refractivity contribution in [2.45, 2.75) is 37.0 Å². The summed E-state index contributed by atoms with van der Waals surface area (Å²) in [6.45, 7) is 3.34. The van der Waals surface area contributed by atoms with Crippen molar-refractivity contribution in [3.63, 3.8) is 0 Å². The second kappa shape index (κ2) is 10.8. The van der Waals surface area contributed by atoms with Crippen LogP contribution in [0.3, 0.4) is 0 Å². The van der Waals surface area contributed by atoms with Crippen LogP contribution in [0.2, 0.25) is 0 Å². The minimum atomic E-state index is -4.35. The monoisotopic (exact) mass is 531 g/mol. The summed E-state index contributed by atoms with van der Waals surface area (Å²) < 4.78 is 62.1. The average molecular weight is 532 g/mol. The molecule has 1 heterocycles. The number of benzene rings is 3. The van der Waals surface area contributed by atoms with Crippen molar-refractivity contribution < 1.29 is 26.4 Å². The molecule has 1 unspecified atom stereocenters. The highest BCUT2D eigenvalue weighted by Gasteiger charge is 2.30. The third kappa shape index (κ3) is 6.62. The number of halogens is 3. The minimum absolute atomic E-state index is 0.0346. The summed E-state index contributed by atoms with van der Waals surface area (Å²) in [7, 11) is -3.26. The molecule has 10 heteroatoms. The SMILES string of the molecule is CCS(=O)(=O)c1ccc(CNC(=O)c2ccc(N3CCC(Nc4ccc(C(F)(F)F)cc4)C3)cc2)cc1. The number of carbonyl (C=O) groups is 1. The summed E-state index contributed by atoms with van der Waals surface area (Å²) in [4.78, 5) is 15.0. The largest absolute Gasteiger partial charge is 0.416 e. The van der Waals surface area contributed by atoms with Crippen LogP contribution in [0.25, 0.3) is 0 Å². The van der Waals surface area contributed by atoms with Gasteiger partial charge in [-0.25, -0.2) is 8.42 Å². The van der Waals surface area contributed by atoms with Crippen LogP contribution in [0.4, 0.5) is 24.5 Å². The molecule has 1 atom stereocenters. The van der Waals surface area contributed by atoms with Crippen LogP contribution in [-0.4, -0.2) is 39.2 Å². The summed E-state index contributed by atoms with van der Waals surface area (Å²) in [5, 5.41) is 6.13. The summed E-state index contributed by atoms with van der Waals surface area (Å²) >= 11 is 0. The van der Waals surface area contributed by atoms with Crippen LogP contribution < -0.4 is 15.5 Å². The summed E-state index contributed by atoms with van der Waals surface area (Å²) in [6.07, 6.45) is -3.52. The number of rotatable bonds is 8. The lowest BCUT2D eigenvalue weighted by molar-refractivity contribution is -0.137. The normalized spacial score (nSPS) is 16.0. The predicted molar refractivity (Wildman–Crippen MR) is 137 cm³/mol. The molecule has 0 radical (unpaired) electrons. The maximum absolute atomic E-state index is 12.8. The smallest absolute Gasteiger partial charge is 0.380 e. The van der Waals surface area contributed by atoms with E-state index in [2.05, 4.69) is 15.5 Å². The highest BCUT2D eigenvalue weighted by Crippen LogP contribution is 2.30. The fourth-order valence-electron chi connectivity index (χ4n) is 4.19. The number of alkyl halides is 3. The van der Waals surface area contributed by atoms with Gasteiger partial charge in [-0.1, -0.05) is 19.1 Å². The van der Waals surface area contributed by atoms with E-state index < -0.39 is 21.6 Å². The van der Waals surface area contributed by atoms with Crippen molar-refractivity contribution in [2.75, 3.05) is 29.1 Å². The van der Waals surface area contributed by atoms with Crippen LogP contribution in [0.5, 0.6) is 0 Å². The third-order valence-electron chi connectivity index (χ3n) is 6.38. The maximum Gasteiger partial charge on any atom is 0.416 e. The van der Waals surface area contributed by atoms with Crippen LogP contribution in [0.1, 0.15) is 34.8 Å². The second-order valence-electron chi connectivity index (χ2n) is 8.93. The van der Waals surface area contributed by atoms with Gasteiger partial charge in [0.15, 0.2) is 9.84 Å². The molecule has 1 fully saturated rings. The van der Waals surface area contributed by atoms with Gasteiger partial charge in [-0.3, -0.25) is 4.79 Å². The lowest BCUT2D eigenvalue weighted by Crippen LogP contribution is -2.26. The first-order valence-electron chi connectivity index (χ1n) is 11.9. The zero-order valence-electron chi connectivity index (χ0n) is 20.3. The lowest BCUT2D eigenvalue weighted by Gasteiger charge is -2.20. The Morgan fingerprint density at radius 1 is 0.973 bits per heavy atom. The van der Waals surface area contributed by atoms with E-state index in [0.29, 0.717) is 17.8 Å². The number of hydrogen-bond acceptors (Lipinski definition) is 5. The average Bonchev–Trinajstić information content (AvgIpc) is 3.36. The number of nitrogens with zero attached hydrogens (tertiary/aromatic N) is 1. The molecule has 1 saturated heterocycles. The Labute approximate surface area is 214 Å². The number of nitrogens with one attached hydrogen (secondary N) is 2. The zero-order chi connectivity index (χ0) is 26.6. The summed E-state index contributed by atoms with van der Waals surface area (Å²) in [5.41, 5.74) is 2.24. The van der Waals surface area contributed by atoms with E-state index in [-0.39, 0.29) is 29.1 Å². The van der Waals surface area contributed by atoms with Gasteiger partial charge in [-0.05, 0) is 72.6 Å². The predicted octanol–water partition coefficient (Wildman–Crippen LogP) is 5.12. The van der Waals surface area contributed by atoms with Gasteiger partial charge in [-0.2, -0.15) is 13.2 Å². The lowest BCUT2D eigenvalue weighted by atomic mass is 10.1. The number of carbonyl (C=O) groups excluding carboxylic acids is 1. The highest BCUT2D eigenvalue weighted by molar-refractivity contribution is 7.91. The van der Waals surface area contributed by atoms with E-state index >= 15 is 0 Å². The van der Waals surface area contributed by atoms with Crippen molar-refractivity contribution in [2.24, 2.45) is 0 Å². The van der Waals surface area contributed by atoms with Crippen molar-refractivity contribution in [1.29, 1.82) is 0 Å². The number of hydrogen-bond donors (Lipinski definition) is 2. The Balaban J connectivity index is 1.28. The Hall–Kier alpha value is -3.53. The molecule has 3 aromatic rings. The Kier molecular flexibility index (Phi) is 7.77. The first-order valence-corrected chi connectivity index (χ1v) is 13.6. The molecule has 6 nitrogen and oxygen atoms in total. The summed E-state index contributed by atoms with van der Waals surface area (Å²) in [6, 6.07) is 18.9. The van der Waals surface area contributed by atoms with Crippen LogP contribution in [0.15, 0.2) is 77.7 Å². The van der Waals surface area contributed by atoms with E-state index in [4.69, 9.17) is 0 Å². The van der Waals surface area contributed by atoms with E-state index in [0.717, 1.165) is 36.3 Å². The fourth-order valence-corrected chi connectivity index (χ4v) is 5.08. The molecule has 0 bridgehead atoms. The quantitative estimate of drug-likeness (QED) is 0.422. The number of sulfone groups is 1. The van der Waals surface area contributed by atoms with Gasteiger partial charge in [0.1, 0.15) is 0 Å². The van der Waals surface area contributed by atoms with Crippen molar-refractivity contribution >= 4 is 27.1 Å². The molecule has 37 heavy (non-hydrogen) atoms. The van der Waals surface area contributed by atoms with Gasteiger partial charge < -0.3 is 15.5 Å². The van der Waals surface area contributed by atoms with E-state index in [1.54, 1.807) is 43.3 Å². The standard InChI is InChI=1S/C27H28F3N3O3S/c1-2-37(35,36)25-13-3-19(4-14-25)17-31-26(34)20-5-11-24(12-6-20)33-16-15-23(18-33)32-22-9-7-21(8-10-22)27(28,29)30/h3-14,23,32H,2,15-18H2,1H3,(H,31,34). The molecular weight excluding hydrogens is 503 g/mol. The minimum Gasteiger partial charge on any atom is -0.380 e. The number of anilines is 2. The van der Waals surface area contributed by atoms with Crippen LogP contribution in [-0.2, 0) is 22.6 Å². The molecule has 196 valence electrons. The van der Waals surface area contributed by atoms with Gasteiger partial charge in [0.05, 0.1) is 16.2 Å². The van der Waals surface area contributed by atoms with Gasteiger partial charge >= 0.3 is 6.18 Å². The molecule has 1 amide bonds. The van der Waals surface area contributed by atoms with Crippen molar-refractivity contribution in [1.82, 2.24) is 5.32 Å². The van der Waals surface area contributed by atoms with Gasteiger partial charge in [0.25, 0.3) is 5.91 Å². The van der Waals surface area contributed by atoms with Crippen molar-refractivity contribution in [3.05, 3.63) is 89.5 Å². The van der Waals surface area contributed by atoms with Crippen LogP contribution in [0, 0.1) is 0 Å². The topological polar surface area (TPSA) is 78.5 Å². The van der Waals surface area contributed by atoms with E-state index in [1.165, 1.54) is 12.1 Å². The van der Waals surface area contributed by atoms with Gasteiger partial charge in [-0.15, -0.1) is 0 Å². The van der Waals surface area contributed by atoms with E-state index in [9.17, 15) is 26.4 Å². The fraction of sp³-hybridized carbons (Fsp3) is 0.296. The zero-order valence-corrected chi connectivity index (χ0v) is 21.1. The van der Waals surface area contributed by atoms with E-state index in [1.807, 2.05) is 12.1 Å². The molecule has 1 aliphatic rings. The Morgan fingerprint density at radius 3 is 2.22 bits per heavy atom. The first-order chi connectivity index (χ1) is 17.5. The molecular formula is C27H28F3N3O3S. The Morgan fingerprint density at radius 2 is 1.62 bits per heavy atom. The van der Waals surface area contributed by atoms with Crippen molar-refractivity contribution in [3.8, 4) is 0 Å². The second-order valence-corrected chi connectivity index (χ2v) is 11.2. The third-order valence-corrected chi connectivity index (χ3v) is 8.13. The first kappa shape index (κ1) is 26.5. The maximum atomic E-state index is 12.8. The molecule has 3 aromatic carbocycles. The molecule has 0 saturated carbocycles.